The number of likely N-dealkylation sites (N-methyl/N-ethyl adjacent to an activating group) is 1. The van der Waals surface area contributed by atoms with Crippen LogP contribution in [0.4, 0.5) is 0 Å². The molecule has 7 nitrogen and oxygen atoms in total. The van der Waals surface area contributed by atoms with Gasteiger partial charge in [-0.3, -0.25) is 9.58 Å². The number of rotatable bonds is 12. The Labute approximate surface area is 192 Å². The van der Waals surface area contributed by atoms with Crippen molar-refractivity contribution in [2.24, 2.45) is 0 Å². The number of methoxy groups -OCH3 is 1. The van der Waals surface area contributed by atoms with Gasteiger partial charge in [0.2, 0.25) is 0 Å². The van der Waals surface area contributed by atoms with Crippen LogP contribution >= 0.6 is 0 Å². The van der Waals surface area contributed by atoms with Crippen LogP contribution in [0.15, 0.2) is 36.7 Å². The molecule has 1 aliphatic heterocycles. The molecule has 1 fully saturated rings. The van der Waals surface area contributed by atoms with Crippen molar-refractivity contribution < 1.29 is 14.6 Å². The molecule has 0 bridgehead atoms. The molecule has 2 heterocycles. The fourth-order valence-corrected chi connectivity index (χ4v) is 4.25. The second-order valence-electron chi connectivity index (χ2n) is 8.66. The predicted octanol–water partition coefficient (Wildman–Crippen LogP) is 3.42. The Kier molecular flexibility index (Phi) is 10.3. The highest BCUT2D eigenvalue weighted by molar-refractivity contribution is 5.43. The standard InChI is InChI=1S/C25H40N4O3/c1-3-27(16-17-29-15-9-12-26-29)19-22-10-11-24(25(18-22)31-2)32-21-23(30)20-28-13-7-5-4-6-8-14-28/h9-12,15,18,23,30H,3-8,13-14,16-17,19-21H2,1-2H3/t23-/m1/s1. The van der Waals surface area contributed by atoms with Crippen molar-refractivity contribution in [2.45, 2.75) is 58.2 Å². The van der Waals surface area contributed by atoms with Crippen LogP contribution in [0.25, 0.3) is 0 Å². The molecule has 1 aromatic carbocycles. The highest BCUT2D eigenvalue weighted by atomic mass is 16.5. The van der Waals surface area contributed by atoms with E-state index in [9.17, 15) is 5.11 Å². The zero-order valence-corrected chi connectivity index (χ0v) is 19.8. The van der Waals surface area contributed by atoms with Gasteiger partial charge < -0.3 is 19.5 Å². The van der Waals surface area contributed by atoms with Crippen molar-refractivity contribution in [3.8, 4) is 11.5 Å². The SMILES string of the molecule is CCN(CCn1cccn1)Cc1ccc(OC[C@H](O)CN2CCCCCCC2)c(OC)c1. The van der Waals surface area contributed by atoms with Gasteiger partial charge in [0.05, 0.1) is 13.7 Å². The molecular weight excluding hydrogens is 404 g/mol. The summed E-state index contributed by atoms with van der Waals surface area (Å²) in [5, 5.41) is 14.8. The third-order valence-corrected chi connectivity index (χ3v) is 6.13. The first-order valence-electron chi connectivity index (χ1n) is 12.1. The van der Waals surface area contributed by atoms with Crippen molar-refractivity contribution in [1.82, 2.24) is 19.6 Å². The summed E-state index contributed by atoms with van der Waals surface area (Å²) in [5.41, 5.74) is 1.18. The van der Waals surface area contributed by atoms with Gasteiger partial charge >= 0.3 is 0 Å². The van der Waals surface area contributed by atoms with Crippen molar-refractivity contribution in [2.75, 3.05) is 46.4 Å². The van der Waals surface area contributed by atoms with E-state index in [0.717, 1.165) is 39.3 Å². The van der Waals surface area contributed by atoms with E-state index in [4.69, 9.17) is 9.47 Å². The van der Waals surface area contributed by atoms with E-state index in [1.807, 2.05) is 35.3 Å². The van der Waals surface area contributed by atoms with Gasteiger partial charge in [-0.05, 0) is 56.2 Å². The van der Waals surface area contributed by atoms with Crippen LogP contribution in [-0.4, -0.2) is 77.2 Å². The molecule has 32 heavy (non-hydrogen) atoms. The highest BCUT2D eigenvalue weighted by Gasteiger charge is 2.15. The lowest BCUT2D eigenvalue weighted by Crippen LogP contribution is -2.37. The second kappa shape index (κ2) is 13.5. The first kappa shape index (κ1) is 24.6. The third kappa shape index (κ3) is 8.11. The molecule has 178 valence electrons. The molecule has 1 N–H and O–H groups in total. The Morgan fingerprint density at radius 1 is 1.12 bits per heavy atom. The minimum Gasteiger partial charge on any atom is -0.493 e. The molecule has 0 aliphatic carbocycles. The Balaban J connectivity index is 1.49. The molecule has 0 unspecified atom stereocenters. The number of aliphatic hydroxyl groups excluding tert-OH is 1. The fourth-order valence-electron chi connectivity index (χ4n) is 4.25. The van der Waals surface area contributed by atoms with E-state index in [-0.39, 0.29) is 6.61 Å². The number of likely N-dealkylation sites (tertiary alicyclic amines) is 1. The summed E-state index contributed by atoms with van der Waals surface area (Å²) < 4.78 is 13.5. The van der Waals surface area contributed by atoms with Crippen molar-refractivity contribution in [3.05, 3.63) is 42.2 Å². The Morgan fingerprint density at radius 3 is 2.59 bits per heavy atom. The van der Waals surface area contributed by atoms with E-state index in [2.05, 4.69) is 27.9 Å². The number of aliphatic hydroxyl groups is 1. The normalized spacial score (nSPS) is 16.5. The van der Waals surface area contributed by atoms with Gasteiger partial charge in [-0.15, -0.1) is 0 Å². The largest absolute Gasteiger partial charge is 0.493 e. The number of nitrogens with zero attached hydrogens (tertiary/aromatic N) is 4. The highest BCUT2D eigenvalue weighted by Crippen LogP contribution is 2.29. The lowest BCUT2D eigenvalue weighted by atomic mass is 10.1. The van der Waals surface area contributed by atoms with E-state index in [1.54, 1.807) is 7.11 Å². The van der Waals surface area contributed by atoms with E-state index >= 15 is 0 Å². The zero-order chi connectivity index (χ0) is 22.6. The first-order chi connectivity index (χ1) is 15.7. The summed E-state index contributed by atoms with van der Waals surface area (Å²) in [6.07, 6.45) is 9.68. The monoisotopic (exact) mass is 444 g/mol. The maximum Gasteiger partial charge on any atom is 0.161 e. The molecule has 1 aromatic heterocycles. The van der Waals surface area contributed by atoms with Gasteiger partial charge in [0.25, 0.3) is 0 Å². The first-order valence-corrected chi connectivity index (χ1v) is 12.1. The minimum absolute atomic E-state index is 0.275. The molecule has 7 heteroatoms. The summed E-state index contributed by atoms with van der Waals surface area (Å²) in [6.45, 7) is 8.86. The molecule has 3 rings (SSSR count). The van der Waals surface area contributed by atoms with E-state index < -0.39 is 6.10 Å². The van der Waals surface area contributed by atoms with Crippen LogP contribution in [-0.2, 0) is 13.1 Å². The van der Waals surface area contributed by atoms with Crippen LogP contribution in [0.5, 0.6) is 11.5 Å². The molecule has 1 atom stereocenters. The molecule has 2 aromatic rings. The summed E-state index contributed by atoms with van der Waals surface area (Å²) in [5.74, 6) is 1.40. The van der Waals surface area contributed by atoms with Crippen molar-refractivity contribution in [3.63, 3.8) is 0 Å². The molecule has 0 saturated carbocycles. The molecule has 0 amide bonds. The molecule has 1 saturated heterocycles. The van der Waals surface area contributed by atoms with Gasteiger partial charge in [-0.2, -0.15) is 5.10 Å². The number of hydrogen-bond acceptors (Lipinski definition) is 6. The van der Waals surface area contributed by atoms with Gasteiger partial charge in [-0.1, -0.05) is 32.3 Å². The van der Waals surface area contributed by atoms with E-state index in [0.29, 0.717) is 18.0 Å². The average Bonchev–Trinajstić information content (AvgIpc) is 3.31. The van der Waals surface area contributed by atoms with Crippen LogP contribution in [0, 0.1) is 0 Å². The quantitative estimate of drug-likeness (QED) is 0.541. The Hall–Kier alpha value is -2.09. The van der Waals surface area contributed by atoms with Crippen LogP contribution < -0.4 is 9.47 Å². The fraction of sp³-hybridized carbons (Fsp3) is 0.640. The van der Waals surface area contributed by atoms with Crippen LogP contribution in [0.1, 0.15) is 44.6 Å². The summed E-state index contributed by atoms with van der Waals surface area (Å²) in [4.78, 5) is 4.75. The van der Waals surface area contributed by atoms with Gasteiger partial charge in [0.1, 0.15) is 12.7 Å². The predicted molar refractivity (Wildman–Crippen MR) is 127 cm³/mol. The molecule has 0 radical (unpaired) electrons. The Morgan fingerprint density at radius 2 is 1.91 bits per heavy atom. The smallest absolute Gasteiger partial charge is 0.161 e. The topological polar surface area (TPSA) is 63.0 Å². The average molecular weight is 445 g/mol. The summed E-state index contributed by atoms with van der Waals surface area (Å²) in [7, 11) is 1.66. The summed E-state index contributed by atoms with van der Waals surface area (Å²) >= 11 is 0. The lowest BCUT2D eigenvalue weighted by molar-refractivity contribution is 0.0645. The summed E-state index contributed by atoms with van der Waals surface area (Å²) in [6, 6.07) is 8.03. The maximum atomic E-state index is 10.5. The zero-order valence-electron chi connectivity index (χ0n) is 19.8. The second-order valence-corrected chi connectivity index (χ2v) is 8.66. The van der Waals surface area contributed by atoms with E-state index in [1.165, 1.54) is 37.7 Å². The third-order valence-electron chi connectivity index (χ3n) is 6.13. The Bertz CT molecular complexity index is 761. The molecule has 0 spiro atoms. The minimum atomic E-state index is -0.503. The number of aromatic nitrogens is 2. The van der Waals surface area contributed by atoms with Crippen molar-refractivity contribution in [1.29, 1.82) is 0 Å². The van der Waals surface area contributed by atoms with Crippen molar-refractivity contribution >= 4 is 0 Å². The number of β-amino-alcohol motifs (C(OH)–C–C–N with tert-alkyl or cyclic N) is 1. The number of benzene rings is 1. The van der Waals surface area contributed by atoms with Crippen LogP contribution in [0.3, 0.4) is 0 Å². The van der Waals surface area contributed by atoms with Gasteiger partial charge in [0.15, 0.2) is 11.5 Å². The molecular formula is C25H40N4O3. The van der Waals surface area contributed by atoms with Gasteiger partial charge in [0, 0.05) is 32.0 Å². The number of hydrogen-bond donors (Lipinski definition) is 1. The maximum absolute atomic E-state index is 10.5. The lowest BCUT2D eigenvalue weighted by Gasteiger charge is -2.27. The van der Waals surface area contributed by atoms with Gasteiger partial charge in [-0.25, -0.2) is 0 Å². The number of ether oxygens (including phenoxy) is 2. The van der Waals surface area contributed by atoms with Crippen LogP contribution in [0.2, 0.25) is 0 Å². The molecule has 1 aliphatic rings.